The molecule has 1 saturated carbocycles. The van der Waals surface area contributed by atoms with E-state index in [9.17, 15) is 14.7 Å². The smallest absolute Gasteiger partial charge is 0.326 e. The number of ether oxygens (including phenoxy) is 1. The van der Waals surface area contributed by atoms with E-state index in [0.29, 0.717) is 29.5 Å². The molecule has 1 atom stereocenters. The summed E-state index contributed by atoms with van der Waals surface area (Å²) >= 11 is 0. The molecule has 4 aromatic carbocycles. The van der Waals surface area contributed by atoms with E-state index in [0.717, 1.165) is 17.9 Å². The maximum absolute atomic E-state index is 13.1. The molecule has 4 aromatic rings. The van der Waals surface area contributed by atoms with Gasteiger partial charge in [0.1, 0.15) is 18.4 Å². The van der Waals surface area contributed by atoms with Crippen molar-refractivity contribution in [3.8, 4) is 5.75 Å². The SMILES string of the molecule is O=C(c1ccccc1)c1ccccc1N[C@@H](Cc1ccc(OCCN(c2ccccc2)C2CCCC2)cc1)C(=O)O. The number of ketones is 1. The van der Waals surface area contributed by atoms with Crippen molar-refractivity contribution in [1.29, 1.82) is 0 Å². The normalized spacial score (nSPS) is 13.9. The first-order chi connectivity index (χ1) is 20.1. The Morgan fingerprint density at radius 3 is 2.15 bits per heavy atom. The van der Waals surface area contributed by atoms with Crippen LogP contribution in [0.3, 0.4) is 0 Å². The van der Waals surface area contributed by atoms with Crippen molar-refractivity contribution in [2.75, 3.05) is 23.4 Å². The van der Waals surface area contributed by atoms with Gasteiger partial charge in [0.05, 0.1) is 6.54 Å². The molecular weight excluding hydrogens is 512 g/mol. The van der Waals surface area contributed by atoms with Crippen LogP contribution in [0.25, 0.3) is 0 Å². The van der Waals surface area contributed by atoms with Crippen LogP contribution in [0.2, 0.25) is 0 Å². The van der Waals surface area contributed by atoms with Gasteiger partial charge in [-0.15, -0.1) is 0 Å². The van der Waals surface area contributed by atoms with Crippen molar-refractivity contribution < 1.29 is 19.4 Å². The third kappa shape index (κ3) is 7.34. The molecule has 0 amide bonds. The number of rotatable bonds is 13. The number of anilines is 2. The first kappa shape index (κ1) is 28.0. The molecule has 210 valence electrons. The summed E-state index contributed by atoms with van der Waals surface area (Å²) in [5, 5.41) is 13.1. The van der Waals surface area contributed by atoms with E-state index >= 15 is 0 Å². The molecule has 6 heteroatoms. The molecule has 0 heterocycles. The standard InChI is InChI=1S/C35H36N2O4/c38-34(27-11-3-1-4-12-27)31-17-9-10-18-32(31)36-33(35(39)40)25-26-19-21-30(22-20-26)41-24-23-37(29-15-7-8-16-29)28-13-5-2-6-14-28/h1-6,9-14,17-22,29,33,36H,7-8,15-16,23-25H2,(H,39,40)/t33-/m0/s1. The average Bonchev–Trinajstić information content (AvgIpc) is 3.55. The van der Waals surface area contributed by atoms with Gasteiger partial charge < -0.3 is 20.1 Å². The summed E-state index contributed by atoms with van der Waals surface area (Å²) in [6.07, 6.45) is 5.24. The fourth-order valence-corrected chi connectivity index (χ4v) is 5.52. The summed E-state index contributed by atoms with van der Waals surface area (Å²) in [5.41, 5.74) is 3.59. The van der Waals surface area contributed by atoms with Crippen molar-refractivity contribution >= 4 is 23.1 Å². The molecular formula is C35H36N2O4. The predicted octanol–water partition coefficient (Wildman–Crippen LogP) is 6.85. The molecule has 0 unspecified atom stereocenters. The summed E-state index contributed by atoms with van der Waals surface area (Å²) in [5.74, 6) is -0.384. The summed E-state index contributed by atoms with van der Waals surface area (Å²) in [6.45, 7) is 1.37. The van der Waals surface area contributed by atoms with Crippen LogP contribution in [0.1, 0.15) is 47.2 Å². The number of hydrogen-bond acceptors (Lipinski definition) is 5. The average molecular weight is 549 g/mol. The number of benzene rings is 4. The molecule has 0 spiro atoms. The van der Waals surface area contributed by atoms with Crippen molar-refractivity contribution in [2.24, 2.45) is 0 Å². The predicted molar refractivity (Wildman–Crippen MR) is 163 cm³/mol. The Morgan fingerprint density at radius 2 is 1.46 bits per heavy atom. The fraction of sp³-hybridized carbons (Fsp3) is 0.257. The van der Waals surface area contributed by atoms with Crippen LogP contribution in [0.5, 0.6) is 5.75 Å². The van der Waals surface area contributed by atoms with E-state index in [4.69, 9.17) is 4.74 Å². The van der Waals surface area contributed by atoms with Gasteiger partial charge in [0.25, 0.3) is 0 Å². The molecule has 5 rings (SSSR count). The Labute approximate surface area is 241 Å². The number of carboxylic acid groups (broad SMARTS) is 1. The number of nitrogens with zero attached hydrogens (tertiary/aromatic N) is 1. The van der Waals surface area contributed by atoms with Crippen molar-refractivity contribution in [2.45, 2.75) is 44.2 Å². The first-order valence-corrected chi connectivity index (χ1v) is 14.3. The second-order valence-electron chi connectivity index (χ2n) is 10.4. The maximum atomic E-state index is 13.1. The van der Waals surface area contributed by atoms with Gasteiger partial charge >= 0.3 is 5.97 Å². The maximum Gasteiger partial charge on any atom is 0.326 e. The minimum atomic E-state index is -0.986. The van der Waals surface area contributed by atoms with Gasteiger partial charge in [-0.1, -0.05) is 85.6 Å². The highest BCUT2D eigenvalue weighted by molar-refractivity contribution is 6.12. The Morgan fingerprint density at radius 1 is 0.829 bits per heavy atom. The minimum Gasteiger partial charge on any atom is -0.492 e. The Balaban J connectivity index is 1.20. The Hall–Kier alpha value is -4.58. The van der Waals surface area contributed by atoms with Crippen LogP contribution in [0.15, 0.2) is 109 Å². The lowest BCUT2D eigenvalue weighted by atomic mass is 10.00. The number of carbonyl (C=O) groups is 2. The number of hydrogen-bond donors (Lipinski definition) is 2. The lowest BCUT2D eigenvalue weighted by Gasteiger charge is -2.31. The van der Waals surface area contributed by atoms with Gasteiger partial charge in [0, 0.05) is 35.0 Å². The summed E-state index contributed by atoms with van der Waals surface area (Å²) in [4.78, 5) is 27.7. The van der Waals surface area contributed by atoms with Crippen LogP contribution in [-0.2, 0) is 11.2 Å². The quantitative estimate of drug-likeness (QED) is 0.178. The van der Waals surface area contributed by atoms with E-state index in [2.05, 4.69) is 34.5 Å². The van der Waals surface area contributed by atoms with Crippen LogP contribution in [-0.4, -0.2) is 42.1 Å². The van der Waals surface area contributed by atoms with Gasteiger partial charge in [-0.3, -0.25) is 4.79 Å². The fourth-order valence-electron chi connectivity index (χ4n) is 5.52. The number of carboxylic acids is 1. The molecule has 1 fully saturated rings. The molecule has 2 N–H and O–H groups in total. The zero-order chi connectivity index (χ0) is 28.4. The molecule has 41 heavy (non-hydrogen) atoms. The molecule has 1 aliphatic rings. The third-order valence-electron chi connectivity index (χ3n) is 7.65. The van der Waals surface area contributed by atoms with Crippen LogP contribution in [0.4, 0.5) is 11.4 Å². The van der Waals surface area contributed by atoms with Gasteiger partial charge in [0.2, 0.25) is 0 Å². The molecule has 0 radical (unpaired) electrons. The summed E-state index contributed by atoms with van der Waals surface area (Å²) in [7, 11) is 0. The molecule has 0 bridgehead atoms. The molecule has 0 saturated heterocycles. The summed E-state index contributed by atoms with van der Waals surface area (Å²) < 4.78 is 6.09. The van der Waals surface area contributed by atoms with E-state index < -0.39 is 12.0 Å². The Bertz CT molecular complexity index is 1420. The molecule has 0 aromatic heterocycles. The zero-order valence-corrected chi connectivity index (χ0v) is 23.1. The highest BCUT2D eigenvalue weighted by Crippen LogP contribution is 2.28. The number of aliphatic carboxylic acids is 1. The van der Waals surface area contributed by atoms with Crippen LogP contribution in [0, 0.1) is 0 Å². The summed E-state index contributed by atoms with van der Waals surface area (Å²) in [6, 6.07) is 33.8. The van der Waals surface area contributed by atoms with E-state index in [1.807, 2.05) is 48.5 Å². The second-order valence-corrected chi connectivity index (χ2v) is 10.4. The van der Waals surface area contributed by atoms with Crippen molar-refractivity contribution in [1.82, 2.24) is 0 Å². The monoisotopic (exact) mass is 548 g/mol. The molecule has 1 aliphatic carbocycles. The van der Waals surface area contributed by atoms with Gasteiger partial charge in [-0.25, -0.2) is 4.79 Å². The third-order valence-corrected chi connectivity index (χ3v) is 7.65. The Kier molecular flexibility index (Phi) is 9.32. The van der Waals surface area contributed by atoms with E-state index in [1.165, 1.54) is 31.4 Å². The van der Waals surface area contributed by atoms with Gasteiger partial charge in [0.15, 0.2) is 5.78 Å². The van der Waals surface area contributed by atoms with Crippen molar-refractivity contribution in [3.63, 3.8) is 0 Å². The number of carbonyl (C=O) groups excluding carboxylic acids is 1. The highest BCUT2D eigenvalue weighted by atomic mass is 16.5. The van der Waals surface area contributed by atoms with E-state index in [1.54, 1.807) is 36.4 Å². The largest absolute Gasteiger partial charge is 0.492 e. The van der Waals surface area contributed by atoms with Gasteiger partial charge in [-0.2, -0.15) is 0 Å². The first-order valence-electron chi connectivity index (χ1n) is 14.3. The van der Waals surface area contributed by atoms with Gasteiger partial charge in [-0.05, 0) is 54.8 Å². The van der Waals surface area contributed by atoms with Crippen molar-refractivity contribution in [3.05, 3.63) is 126 Å². The highest BCUT2D eigenvalue weighted by Gasteiger charge is 2.23. The molecule has 0 aliphatic heterocycles. The number of para-hydroxylation sites is 2. The van der Waals surface area contributed by atoms with Crippen LogP contribution < -0.4 is 15.0 Å². The second kappa shape index (κ2) is 13.7. The molecule has 6 nitrogen and oxygen atoms in total. The van der Waals surface area contributed by atoms with Crippen LogP contribution >= 0.6 is 0 Å². The van der Waals surface area contributed by atoms with E-state index in [-0.39, 0.29) is 12.2 Å². The topological polar surface area (TPSA) is 78.9 Å². The number of nitrogens with one attached hydrogen (secondary N) is 1. The minimum absolute atomic E-state index is 0.155. The lowest BCUT2D eigenvalue weighted by Crippen LogP contribution is -2.36. The lowest BCUT2D eigenvalue weighted by molar-refractivity contribution is -0.137. The zero-order valence-electron chi connectivity index (χ0n) is 23.1.